The summed E-state index contributed by atoms with van der Waals surface area (Å²) in [7, 11) is 0. The van der Waals surface area contributed by atoms with Crippen LogP contribution in [0.4, 0.5) is 5.95 Å². The summed E-state index contributed by atoms with van der Waals surface area (Å²) < 4.78 is 1.19. The molecule has 1 rings (SSSR count). The fourth-order valence-corrected chi connectivity index (χ4v) is 1.26. The van der Waals surface area contributed by atoms with Crippen molar-refractivity contribution in [3.63, 3.8) is 0 Å². The van der Waals surface area contributed by atoms with Gasteiger partial charge >= 0.3 is 11.9 Å². The van der Waals surface area contributed by atoms with Crippen LogP contribution < -0.4 is 5.73 Å². The molecule has 0 aliphatic rings. The van der Waals surface area contributed by atoms with Gasteiger partial charge in [0, 0.05) is 0 Å². The number of nitrogens with zero attached hydrogens (tertiary/aromatic N) is 3. The van der Waals surface area contributed by atoms with Crippen molar-refractivity contribution in [2.75, 3.05) is 5.73 Å². The quantitative estimate of drug-likeness (QED) is 0.609. The molecule has 0 bridgehead atoms. The Balaban J connectivity index is 2.79. The summed E-state index contributed by atoms with van der Waals surface area (Å²) in [5.74, 6) is -2.95. The number of nitrogen functional groups attached to an aromatic ring is 1. The smallest absolute Gasteiger partial charge is 0.308 e. The van der Waals surface area contributed by atoms with Crippen molar-refractivity contribution in [3.8, 4) is 0 Å². The second-order valence-electron chi connectivity index (χ2n) is 3.33. The lowest BCUT2D eigenvalue weighted by Gasteiger charge is -2.09. The van der Waals surface area contributed by atoms with E-state index in [2.05, 4.69) is 10.1 Å². The lowest BCUT2D eigenvalue weighted by Crippen LogP contribution is -2.24. The Morgan fingerprint density at radius 3 is 2.50 bits per heavy atom. The third kappa shape index (κ3) is 2.94. The third-order valence-corrected chi connectivity index (χ3v) is 1.97. The van der Waals surface area contributed by atoms with Crippen LogP contribution in [0, 0.1) is 12.8 Å². The first-order chi connectivity index (χ1) is 7.40. The maximum Gasteiger partial charge on any atom is 0.308 e. The second kappa shape index (κ2) is 4.60. The van der Waals surface area contributed by atoms with Gasteiger partial charge in [-0.15, -0.1) is 0 Å². The van der Waals surface area contributed by atoms with E-state index in [1.165, 1.54) is 4.68 Å². The Morgan fingerprint density at radius 1 is 1.50 bits per heavy atom. The van der Waals surface area contributed by atoms with Crippen LogP contribution in [-0.4, -0.2) is 36.9 Å². The summed E-state index contributed by atoms with van der Waals surface area (Å²) in [5.41, 5.74) is 5.47. The van der Waals surface area contributed by atoms with Crippen molar-refractivity contribution in [1.82, 2.24) is 14.8 Å². The van der Waals surface area contributed by atoms with Gasteiger partial charge in [-0.3, -0.25) is 9.59 Å². The van der Waals surface area contributed by atoms with Gasteiger partial charge in [0.05, 0.1) is 18.9 Å². The van der Waals surface area contributed by atoms with E-state index in [1.54, 1.807) is 6.92 Å². The predicted octanol–water partition coefficient (Wildman–Crippen LogP) is -0.656. The van der Waals surface area contributed by atoms with E-state index in [9.17, 15) is 9.59 Å². The molecule has 1 aromatic heterocycles. The average Bonchev–Trinajstić information content (AvgIpc) is 2.43. The number of hydrogen-bond donors (Lipinski definition) is 3. The molecule has 0 saturated heterocycles. The van der Waals surface area contributed by atoms with Crippen LogP contribution in [0.1, 0.15) is 12.2 Å². The van der Waals surface area contributed by atoms with E-state index in [0.717, 1.165) is 0 Å². The van der Waals surface area contributed by atoms with E-state index in [0.29, 0.717) is 5.82 Å². The maximum absolute atomic E-state index is 10.8. The number of carboxylic acid groups (broad SMARTS) is 2. The number of carboxylic acids is 2. The van der Waals surface area contributed by atoms with Gasteiger partial charge in [-0.2, -0.15) is 10.1 Å². The SMILES string of the molecule is Cc1nc(N)n(CC(CC(=O)O)C(=O)O)n1. The van der Waals surface area contributed by atoms with Gasteiger partial charge in [-0.25, -0.2) is 4.68 Å². The fourth-order valence-electron chi connectivity index (χ4n) is 1.26. The fraction of sp³-hybridized carbons (Fsp3) is 0.500. The molecule has 8 heteroatoms. The Morgan fingerprint density at radius 2 is 2.12 bits per heavy atom. The Bertz CT molecular complexity index is 414. The number of carbonyl (C=O) groups is 2. The molecule has 1 heterocycles. The minimum atomic E-state index is -1.20. The molecule has 0 aromatic carbocycles. The highest BCUT2D eigenvalue weighted by atomic mass is 16.4. The Labute approximate surface area is 90.7 Å². The van der Waals surface area contributed by atoms with Crippen molar-refractivity contribution in [1.29, 1.82) is 0 Å². The molecule has 0 aliphatic heterocycles. The molecule has 0 radical (unpaired) electrons. The number of aromatic nitrogens is 3. The molecule has 0 spiro atoms. The predicted molar refractivity (Wildman–Crippen MR) is 52.6 cm³/mol. The first kappa shape index (κ1) is 12.0. The van der Waals surface area contributed by atoms with Crippen LogP contribution in [0.2, 0.25) is 0 Å². The molecular weight excluding hydrogens is 216 g/mol. The number of hydrogen-bond acceptors (Lipinski definition) is 5. The third-order valence-electron chi connectivity index (χ3n) is 1.97. The highest BCUT2D eigenvalue weighted by Crippen LogP contribution is 2.10. The Kier molecular flexibility index (Phi) is 3.44. The number of aryl methyl sites for hydroxylation is 1. The van der Waals surface area contributed by atoms with E-state index < -0.39 is 24.3 Å². The monoisotopic (exact) mass is 228 g/mol. The van der Waals surface area contributed by atoms with Crippen molar-refractivity contribution >= 4 is 17.9 Å². The zero-order valence-corrected chi connectivity index (χ0v) is 8.62. The number of aliphatic carboxylic acids is 2. The zero-order valence-electron chi connectivity index (χ0n) is 8.62. The van der Waals surface area contributed by atoms with E-state index >= 15 is 0 Å². The number of nitrogens with two attached hydrogens (primary N) is 1. The summed E-state index contributed by atoms with van der Waals surface area (Å²) in [6, 6.07) is 0. The van der Waals surface area contributed by atoms with Gasteiger partial charge in [0.15, 0.2) is 0 Å². The van der Waals surface area contributed by atoms with Crippen LogP contribution in [-0.2, 0) is 16.1 Å². The first-order valence-corrected chi connectivity index (χ1v) is 4.51. The maximum atomic E-state index is 10.8. The van der Waals surface area contributed by atoms with Crippen molar-refractivity contribution in [3.05, 3.63) is 5.82 Å². The highest BCUT2D eigenvalue weighted by Gasteiger charge is 2.23. The molecule has 0 amide bonds. The molecular formula is C8H12N4O4. The van der Waals surface area contributed by atoms with Crippen LogP contribution >= 0.6 is 0 Å². The molecule has 4 N–H and O–H groups in total. The molecule has 1 unspecified atom stereocenters. The summed E-state index contributed by atoms with van der Waals surface area (Å²) in [5, 5.41) is 21.2. The van der Waals surface area contributed by atoms with Gasteiger partial charge in [0.2, 0.25) is 5.95 Å². The number of rotatable bonds is 5. The second-order valence-corrected chi connectivity index (χ2v) is 3.33. The summed E-state index contributed by atoms with van der Waals surface area (Å²) in [6.07, 6.45) is -0.478. The standard InChI is InChI=1S/C8H12N4O4/c1-4-10-8(9)12(11-4)3-5(7(15)16)2-6(13)14/h5H,2-3H2,1H3,(H,13,14)(H,15,16)(H2,9,10,11). The normalized spacial score (nSPS) is 12.3. The lowest BCUT2D eigenvalue weighted by molar-refractivity contribution is -0.148. The van der Waals surface area contributed by atoms with Gasteiger partial charge in [0.25, 0.3) is 0 Å². The molecule has 1 aromatic rings. The number of anilines is 1. The van der Waals surface area contributed by atoms with E-state index in [-0.39, 0.29) is 12.5 Å². The van der Waals surface area contributed by atoms with E-state index in [4.69, 9.17) is 15.9 Å². The molecule has 88 valence electrons. The first-order valence-electron chi connectivity index (χ1n) is 4.51. The summed E-state index contributed by atoms with van der Waals surface area (Å²) in [4.78, 5) is 25.0. The van der Waals surface area contributed by atoms with Crippen LogP contribution in [0.25, 0.3) is 0 Å². The van der Waals surface area contributed by atoms with E-state index in [1.807, 2.05) is 0 Å². The van der Waals surface area contributed by atoms with Crippen LogP contribution in [0.15, 0.2) is 0 Å². The van der Waals surface area contributed by atoms with Gasteiger partial charge in [-0.1, -0.05) is 0 Å². The summed E-state index contributed by atoms with van der Waals surface area (Å²) in [6.45, 7) is 1.51. The molecule has 0 aliphatic carbocycles. The van der Waals surface area contributed by atoms with Gasteiger partial charge in [-0.05, 0) is 6.92 Å². The highest BCUT2D eigenvalue weighted by molar-refractivity contribution is 5.77. The van der Waals surface area contributed by atoms with Crippen LogP contribution in [0.3, 0.4) is 0 Å². The average molecular weight is 228 g/mol. The zero-order chi connectivity index (χ0) is 12.3. The largest absolute Gasteiger partial charge is 0.481 e. The topological polar surface area (TPSA) is 131 Å². The minimum Gasteiger partial charge on any atom is -0.481 e. The summed E-state index contributed by atoms with van der Waals surface area (Å²) >= 11 is 0. The van der Waals surface area contributed by atoms with Crippen molar-refractivity contribution in [2.24, 2.45) is 5.92 Å². The van der Waals surface area contributed by atoms with Gasteiger partial charge < -0.3 is 15.9 Å². The molecule has 0 fully saturated rings. The van der Waals surface area contributed by atoms with Crippen LogP contribution in [0.5, 0.6) is 0 Å². The van der Waals surface area contributed by atoms with Crippen molar-refractivity contribution < 1.29 is 19.8 Å². The minimum absolute atomic E-state index is 0.0779. The van der Waals surface area contributed by atoms with Gasteiger partial charge in [0.1, 0.15) is 5.82 Å². The molecule has 8 nitrogen and oxygen atoms in total. The lowest BCUT2D eigenvalue weighted by atomic mass is 10.1. The Hall–Kier alpha value is -2.12. The molecule has 0 saturated carbocycles. The molecule has 1 atom stereocenters. The molecule has 16 heavy (non-hydrogen) atoms. The van der Waals surface area contributed by atoms with Crippen molar-refractivity contribution in [2.45, 2.75) is 19.9 Å².